The van der Waals surface area contributed by atoms with Crippen LogP contribution >= 0.6 is 0 Å². The lowest BCUT2D eigenvalue weighted by atomic mass is 10.1. The first kappa shape index (κ1) is 47.8. The van der Waals surface area contributed by atoms with Crippen molar-refractivity contribution in [2.75, 3.05) is 37.8 Å². The van der Waals surface area contributed by atoms with Crippen molar-refractivity contribution < 1.29 is 28.9 Å². The summed E-state index contributed by atoms with van der Waals surface area (Å²) in [5.74, 6) is 0.970. The first-order valence-corrected chi connectivity index (χ1v) is 23.7. The van der Waals surface area contributed by atoms with Gasteiger partial charge in [0.15, 0.2) is 11.4 Å². The average molecular weight is 955 g/mol. The second-order valence-corrected chi connectivity index (χ2v) is 17.4. The highest BCUT2D eigenvalue weighted by molar-refractivity contribution is 5.99. The van der Waals surface area contributed by atoms with Crippen molar-refractivity contribution in [2.24, 2.45) is 20.5 Å². The smallest absolute Gasteiger partial charge is 0.350 e. The van der Waals surface area contributed by atoms with Crippen molar-refractivity contribution in [3.8, 4) is 11.5 Å². The second-order valence-electron chi connectivity index (χ2n) is 17.4. The minimum atomic E-state index is -0.150. The van der Waals surface area contributed by atoms with Crippen LogP contribution in [0.2, 0.25) is 0 Å². The fourth-order valence-corrected chi connectivity index (χ4v) is 8.40. The summed E-state index contributed by atoms with van der Waals surface area (Å²) in [5.41, 5.74) is 5.51. The zero-order valence-corrected chi connectivity index (χ0v) is 40.0. The van der Waals surface area contributed by atoms with Gasteiger partial charge in [-0.05, 0) is 130 Å². The van der Waals surface area contributed by atoms with Crippen LogP contribution in [0.4, 0.5) is 45.8 Å². The third kappa shape index (κ3) is 11.6. The van der Waals surface area contributed by atoms with E-state index in [-0.39, 0.29) is 23.3 Å². The van der Waals surface area contributed by atoms with Gasteiger partial charge in [0.25, 0.3) is 11.8 Å². The number of aromatic hydroxyl groups is 2. The highest BCUT2D eigenvalue weighted by atomic mass is 16.3. The number of phenolic OH excluding ortho intramolecular Hbond substituents is 2. The molecule has 0 saturated heterocycles. The van der Waals surface area contributed by atoms with Crippen molar-refractivity contribution in [3.63, 3.8) is 0 Å². The molecule has 0 unspecified atom stereocenters. The lowest BCUT2D eigenvalue weighted by molar-refractivity contribution is -0.684. The van der Waals surface area contributed by atoms with Crippen LogP contribution < -0.4 is 19.8 Å². The molecule has 14 heteroatoms. The largest absolute Gasteiger partial charge is 0.506 e. The quantitative estimate of drug-likeness (QED) is 0.0494. The number of nitrogens with zero attached hydrogens (tertiary/aromatic N) is 8. The average Bonchev–Trinajstić information content (AvgIpc) is 3.41. The molecule has 0 aliphatic rings. The number of fused-ring (bicyclic) bond motifs is 2. The maximum Gasteiger partial charge on any atom is 0.350 e. The van der Waals surface area contributed by atoms with Gasteiger partial charge in [-0.1, -0.05) is 60.7 Å². The first-order chi connectivity index (χ1) is 35.2. The lowest BCUT2D eigenvalue weighted by Crippen LogP contribution is -2.36. The van der Waals surface area contributed by atoms with Gasteiger partial charge in [0.05, 0.1) is 35.7 Å². The maximum absolute atomic E-state index is 13.5. The molecule has 2 heterocycles. The van der Waals surface area contributed by atoms with Gasteiger partial charge in [-0.3, -0.25) is 9.59 Å². The van der Waals surface area contributed by atoms with E-state index in [1.807, 2.05) is 167 Å². The van der Waals surface area contributed by atoms with E-state index in [2.05, 4.69) is 31.1 Å². The van der Waals surface area contributed by atoms with Crippen molar-refractivity contribution >= 4 is 79.1 Å². The minimum absolute atomic E-state index is 0.0316. The molecule has 4 N–H and O–H groups in total. The minimum Gasteiger partial charge on any atom is -0.506 e. The maximum atomic E-state index is 13.5. The molecule has 0 bridgehead atoms. The van der Waals surface area contributed by atoms with Gasteiger partial charge in [-0.15, -0.1) is 0 Å². The van der Waals surface area contributed by atoms with Crippen LogP contribution in [0.5, 0.6) is 11.5 Å². The number of aromatic nitrogens is 2. The van der Waals surface area contributed by atoms with E-state index in [9.17, 15) is 19.8 Å². The van der Waals surface area contributed by atoms with Crippen molar-refractivity contribution in [3.05, 3.63) is 206 Å². The number of hydrogen-bond acceptors (Lipinski definition) is 10. The third-order valence-electron chi connectivity index (χ3n) is 12.3. The number of phenols is 2. The van der Waals surface area contributed by atoms with Crippen LogP contribution in [-0.2, 0) is 13.1 Å². The summed E-state index contributed by atoms with van der Waals surface area (Å²) < 4.78 is 3.93. The van der Waals surface area contributed by atoms with Crippen LogP contribution in [-0.4, -0.2) is 59.0 Å². The molecule has 0 aliphatic carbocycles. The van der Waals surface area contributed by atoms with Gasteiger partial charge >= 0.3 is 11.6 Å². The van der Waals surface area contributed by atoms with E-state index in [0.717, 1.165) is 44.3 Å². The highest BCUT2D eigenvalue weighted by Gasteiger charge is 2.19. The summed E-state index contributed by atoms with van der Waals surface area (Å²) in [7, 11) is 3.53. The summed E-state index contributed by atoms with van der Waals surface area (Å²) in [5, 5.41) is 49.9. The summed E-state index contributed by atoms with van der Waals surface area (Å²) in [6.45, 7) is 2.10. The molecule has 0 atom stereocenters. The highest BCUT2D eigenvalue weighted by Crippen LogP contribution is 2.39. The number of benzene rings is 7. The summed E-state index contributed by atoms with van der Waals surface area (Å²) >= 11 is 0. The number of hydrogen-bond donors (Lipinski definition) is 4. The fourth-order valence-electron chi connectivity index (χ4n) is 8.40. The summed E-state index contributed by atoms with van der Waals surface area (Å²) in [4.78, 5) is 30.3. The predicted octanol–water partition coefficient (Wildman–Crippen LogP) is 12.6. The zero-order chi connectivity index (χ0) is 49.8. The molecule has 9 rings (SSSR count). The number of carbonyl (C=O) groups is 2. The van der Waals surface area contributed by atoms with E-state index in [0.29, 0.717) is 73.2 Å². The molecular formula is C58H54N10O4+2. The molecule has 0 radical (unpaired) electrons. The second kappa shape index (κ2) is 22.4. The number of pyridine rings is 2. The molecular weight excluding hydrogens is 901 g/mol. The third-order valence-corrected chi connectivity index (χ3v) is 12.3. The number of aryl methyl sites for hydroxylation is 2. The Kier molecular flexibility index (Phi) is 14.9. The molecule has 9 aromatic rings. The Labute approximate surface area is 417 Å². The number of anilines is 4. The van der Waals surface area contributed by atoms with Crippen LogP contribution in [0.15, 0.2) is 215 Å². The number of carbonyl (C=O) groups excluding carboxylic acids is 2. The number of nitrogens with one attached hydrogen (secondary N) is 2. The number of amides is 2. The first-order valence-electron chi connectivity index (χ1n) is 23.7. The Morgan fingerprint density at radius 2 is 0.861 bits per heavy atom. The number of azo groups is 2. The lowest BCUT2D eigenvalue weighted by Gasteiger charge is -2.18. The standard InChI is InChI=1S/C58H52N10O4/c1-65(33-13-37-67-35-11-9-19-53(67)61-63-55-49-29-27-47(39-43(49)25-31-51(55)69)59-45-15-5-3-6-16-45)57(71)41-21-23-42(24-22-41)58(72)66(2)34-14-38-68-36-12-10-20-54(68)62-64-56-50-30-28-48(40-44(50)26-32-52(56)70)60-46-17-7-4-8-18-46/h3-12,15-32,35-36,39-40H,13-14,33-34,37-38H2,1-2H3,(H2,59,60,63,64)/p+2. The molecule has 0 aliphatic heterocycles. The van der Waals surface area contributed by atoms with Gasteiger partial charge in [0, 0.05) is 96.8 Å². The van der Waals surface area contributed by atoms with Gasteiger partial charge in [-0.2, -0.15) is 0 Å². The normalized spacial score (nSPS) is 11.4. The SMILES string of the molecule is CN(CCC[n+]1ccccc1/N=N/c1c(O)ccc2cc(Nc3ccccc3)ccc12)C(=O)c1ccc(C(=O)N(C)CCC[n+]2ccccc2/N=N/c2c(O)ccc3cc(Nc4ccccc4)ccc23)cc1. The Morgan fingerprint density at radius 1 is 0.458 bits per heavy atom. The van der Waals surface area contributed by atoms with Gasteiger partial charge in [0.1, 0.15) is 11.5 Å². The Balaban J connectivity index is 0.759. The van der Waals surface area contributed by atoms with Gasteiger partial charge in [0.2, 0.25) is 0 Å². The van der Waals surface area contributed by atoms with Crippen molar-refractivity contribution in [1.82, 2.24) is 9.80 Å². The molecule has 0 saturated carbocycles. The van der Waals surface area contributed by atoms with Crippen LogP contribution in [0.3, 0.4) is 0 Å². The summed E-state index contributed by atoms with van der Waals surface area (Å²) in [6.07, 6.45) is 5.12. The molecule has 358 valence electrons. The van der Waals surface area contributed by atoms with E-state index in [4.69, 9.17) is 0 Å². The zero-order valence-electron chi connectivity index (χ0n) is 40.0. The topological polar surface area (TPSA) is 162 Å². The van der Waals surface area contributed by atoms with Gasteiger partial charge < -0.3 is 30.6 Å². The van der Waals surface area contributed by atoms with Gasteiger partial charge in [-0.25, -0.2) is 9.13 Å². The molecule has 2 aromatic heterocycles. The fraction of sp³-hybridized carbons (Fsp3) is 0.138. The Hall–Kier alpha value is -9.30. The van der Waals surface area contributed by atoms with Crippen molar-refractivity contribution in [2.45, 2.75) is 25.9 Å². The Morgan fingerprint density at radius 3 is 1.28 bits per heavy atom. The number of para-hydroxylation sites is 2. The molecule has 14 nitrogen and oxygen atoms in total. The van der Waals surface area contributed by atoms with E-state index in [1.54, 1.807) is 60.3 Å². The van der Waals surface area contributed by atoms with Crippen LogP contribution in [0, 0.1) is 0 Å². The van der Waals surface area contributed by atoms with E-state index >= 15 is 0 Å². The number of rotatable bonds is 18. The molecule has 7 aromatic carbocycles. The predicted molar refractivity (Wildman–Crippen MR) is 282 cm³/mol. The van der Waals surface area contributed by atoms with Crippen LogP contribution in [0.1, 0.15) is 33.6 Å². The molecule has 2 amide bonds. The monoisotopic (exact) mass is 954 g/mol. The van der Waals surface area contributed by atoms with Crippen LogP contribution in [0.25, 0.3) is 21.5 Å². The summed E-state index contributed by atoms with van der Waals surface area (Å²) in [6, 6.07) is 56.7. The van der Waals surface area contributed by atoms with E-state index < -0.39 is 0 Å². The molecule has 0 fully saturated rings. The van der Waals surface area contributed by atoms with Crippen molar-refractivity contribution in [1.29, 1.82) is 0 Å². The Bertz CT molecular complexity index is 3200. The molecule has 0 spiro atoms. The molecule has 72 heavy (non-hydrogen) atoms. The van der Waals surface area contributed by atoms with E-state index in [1.165, 1.54) is 0 Å².